The van der Waals surface area contributed by atoms with Crippen LogP contribution >= 0.6 is 0 Å². The van der Waals surface area contributed by atoms with Gasteiger partial charge in [0.2, 0.25) is 10.0 Å². The number of rotatable bonds is 0. The van der Waals surface area contributed by atoms with Crippen molar-refractivity contribution in [3.63, 3.8) is 0 Å². The van der Waals surface area contributed by atoms with Gasteiger partial charge in [-0.25, -0.2) is 13.1 Å². The van der Waals surface area contributed by atoms with Gasteiger partial charge in [-0.05, 0) is 68.9 Å². The molecule has 7 nitrogen and oxygen atoms in total. The van der Waals surface area contributed by atoms with E-state index in [0.29, 0.717) is 25.5 Å². The maximum atomic E-state index is 13.3. The second-order valence-corrected chi connectivity index (χ2v) is 11.4. The Bertz CT molecular complexity index is 924. The Balaban J connectivity index is 1.47. The first kappa shape index (κ1) is 21.2. The van der Waals surface area contributed by atoms with Crippen LogP contribution < -0.4 is 9.46 Å². The molecule has 0 aromatic heterocycles. The lowest BCUT2D eigenvalue weighted by atomic mass is 9.78. The van der Waals surface area contributed by atoms with Gasteiger partial charge in [-0.2, -0.15) is 0 Å². The van der Waals surface area contributed by atoms with E-state index in [0.717, 1.165) is 50.7 Å². The third kappa shape index (κ3) is 4.22. The highest BCUT2D eigenvalue weighted by Gasteiger charge is 2.50. The number of sulfonamides is 1. The molecule has 1 aliphatic carbocycles. The van der Waals surface area contributed by atoms with E-state index in [9.17, 15) is 13.2 Å². The maximum absolute atomic E-state index is 13.3. The maximum Gasteiger partial charge on any atom is 0.260 e. The second-order valence-electron chi connectivity index (χ2n) is 9.52. The molecule has 1 spiro atoms. The zero-order chi connectivity index (χ0) is 21.5. The Labute approximate surface area is 184 Å². The molecule has 3 fully saturated rings. The summed E-state index contributed by atoms with van der Waals surface area (Å²) < 4.78 is 40.4. The lowest BCUT2D eigenvalue weighted by Crippen LogP contribution is -2.69. The monoisotopic (exact) mass is 448 g/mol. The van der Waals surface area contributed by atoms with E-state index in [1.165, 1.54) is 5.56 Å². The largest absolute Gasteiger partial charge is 0.483 e. The molecule has 8 heteroatoms. The summed E-state index contributed by atoms with van der Waals surface area (Å²) in [5.74, 6) is 1.27. The number of piperidine rings is 1. The van der Waals surface area contributed by atoms with Crippen molar-refractivity contribution in [2.24, 2.45) is 0 Å². The number of para-hydroxylation sites is 1. The van der Waals surface area contributed by atoms with Crippen LogP contribution in [0.25, 0.3) is 0 Å². The van der Waals surface area contributed by atoms with Crippen LogP contribution in [0.15, 0.2) is 24.3 Å². The fourth-order valence-corrected chi connectivity index (χ4v) is 7.66. The molecule has 4 aliphatic heterocycles. The van der Waals surface area contributed by atoms with Gasteiger partial charge in [-0.3, -0.25) is 4.79 Å². The number of fused-ring (bicyclic) bond motifs is 5. The number of ether oxygens (including phenoxy) is 2. The lowest BCUT2D eigenvalue weighted by Gasteiger charge is -2.51. The summed E-state index contributed by atoms with van der Waals surface area (Å²) in [5.41, 5.74) is 0.542. The number of carbonyl (C=O) groups is 1. The van der Waals surface area contributed by atoms with Crippen molar-refractivity contribution in [1.82, 2.24) is 9.62 Å². The number of amides is 1. The molecule has 170 valence electrons. The van der Waals surface area contributed by atoms with Crippen molar-refractivity contribution in [1.29, 1.82) is 0 Å². The molecule has 0 unspecified atom stereocenters. The van der Waals surface area contributed by atoms with Gasteiger partial charge < -0.3 is 14.4 Å². The van der Waals surface area contributed by atoms with Gasteiger partial charge in [-0.1, -0.05) is 18.2 Å². The summed E-state index contributed by atoms with van der Waals surface area (Å²) >= 11 is 0. The third-order valence-electron chi connectivity index (χ3n) is 7.63. The van der Waals surface area contributed by atoms with E-state index in [-0.39, 0.29) is 30.4 Å². The minimum atomic E-state index is -3.34. The highest BCUT2D eigenvalue weighted by molar-refractivity contribution is 7.89. The van der Waals surface area contributed by atoms with Gasteiger partial charge in [0.15, 0.2) is 6.61 Å². The number of hydrogen-bond acceptors (Lipinski definition) is 5. The zero-order valence-electron chi connectivity index (χ0n) is 17.9. The molecule has 31 heavy (non-hydrogen) atoms. The van der Waals surface area contributed by atoms with Crippen molar-refractivity contribution >= 4 is 15.9 Å². The lowest BCUT2D eigenvalue weighted by molar-refractivity contribution is -0.144. The summed E-state index contributed by atoms with van der Waals surface area (Å²) in [7, 11) is -3.34. The molecule has 1 aromatic rings. The third-order valence-corrected chi connectivity index (χ3v) is 9.17. The normalized spacial score (nSPS) is 35.8. The number of nitrogens with zero attached hydrogens (tertiary/aromatic N) is 1. The zero-order valence-corrected chi connectivity index (χ0v) is 18.7. The van der Waals surface area contributed by atoms with Crippen molar-refractivity contribution in [3.8, 4) is 5.75 Å². The molecule has 6 rings (SSSR count). The van der Waals surface area contributed by atoms with Gasteiger partial charge in [0.05, 0.1) is 30.0 Å². The smallest absolute Gasteiger partial charge is 0.260 e. The molecule has 2 atom stereocenters. The van der Waals surface area contributed by atoms with Gasteiger partial charge in [0.25, 0.3) is 5.91 Å². The van der Waals surface area contributed by atoms with E-state index < -0.39 is 15.6 Å². The summed E-state index contributed by atoms with van der Waals surface area (Å²) in [4.78, 5) is 15.1. The van der Waals surface area contributed by atoms with Gasteiger partial charge in [0, 0.05) is 6.54 Å². The second kappa shape index (κ2) is 8.37. The first-order valence-electron chi connectivity index (χ1n) is 11.6. The summed E-state index contributed by atoms with van der Waals surface area (Å²) in [5, 5.41) is 0. The molecular weight excluding hydrogens is 416 g/mol. The molecule has 1 amide bonds. The van der Waals surface area contributed by atoms with E-state index in [1.54, 1.807) is 0 Å². The van der Waals surface area contributed by atoms with Crippen molar-refractivity contribution in [2.75, 3.05) is 25.5 Å². The number of carbonyl (C=O) groups excluding carboxylic acids is 1. The quantitative estimate of drug-likeness (QED) is 0.659. The summed E-state index contributed by atoms with van der Waals surface area (Å²) in [6.45, 7) is 0.942. The Hall–Kier alpha value is -1.64. The fourth-order valence-electron chi connectivity index (χ4n) is 6.07. The molecule has 2 saturated heterocycles. The van der Waals surface area contributed by atoms with Gasteiger partial charge in [0.1, 0.15) is 5.75 Å². The highest BCUT2D eigenvalue weighted by Crippen LogP contribution is 2.40. The Morgan fingerprint density at radius 1 is 1.06 bits per heavy atom. The van der Waals surface area contributed by atoms with Crippen molar-refractivity contribution in [2.45, 2.75) is 75.0 Å². The average molecular weight is 449 g/mol. The molecule has 4 heterocycles. The Kier molecular flexibility index (Phi) is 5.73. The van der Waals surface area contributed by atoms with E-state index in [4.69, 9.17) is 9.47 Å². The first-order chi connectivity index (χ1) is 15.0. The first-order valence-corrected chi connectivity index (χ1v) is 13.3. The van der Waals surface area contributed by atoms with Crippen molar-refractivity contribution in [3.05, 3.63) is 29.8 Å². The van der Waals surface area contributed by atoms with Crippen LogP contribution in [0.1, 0.15) is 62.8 Å². The molecule has 1 N–H and O–H groups in total. The predicted octanol–water partition coefficient (Wildman–Crippen LogP) is 2.56. The highest BCUT2D eigenvalue weighted by atomic mass is 32.2. The number of hydrogen-bond donors (Lipinski definition) is 1. The van der Waals surface area contributed by atoms with Crippen LogP contribution in [0.4, 0.5) is 0 Å². The van der Waals surface area contributed by atoms with Crippen LogP contribution in [-0.4, -0.2) is 62.4 Å². The molecule has 1 saturated carbocycles. The predicted molar refractivity (Wildman–Crippen MR) is 117 cm³/mol. The number of nitrogens with one attached hydrogen (secondary N) is 1. The van der Waals surface area contributed by atoms with Crippen molar-refractivity contribution < 1.29 is 22.7 Å². The molecule has 2 bridgehead atoms. The Morgan fingerprint density at radius 2 is 1.84 bits per heavy atom. The van der Waals surface area contributed by atoms with Gasteiger partial charge >= 0.3 is 0 Å². The molecular formula is C23H32N2O5S. The van der Waals surface area contributed by atoms with Gasteiger partial charge in [-0.15, -0.1) is 0 Å². The molecule has 1 aromatic carbocycles. The molecule has 0 radical (unpaired) electrons. The van der Waals surface area contributed by atoms with E-state index >= 15 is 0 Å². The minimum Gasteiger partial charge on any atom is -0.483 e. The van der Waals surface area contributed by atoms with Crippen LogP contribution in [0.2, 0.25) is 0 Å². The Morgan fingerprint density at radius 3 is 2.65 bits per heavy atom. The van der Waals surface area contributed by atoms with E-state index in [2.05, 4.69) is 10.8 Å². The molecule has 5 aliphatic rings. The fraction of sp³-hybridized carbons (Fsp3) is 0.696. The SMILES string of the molecule is O=C1COc2ccccc2[C@H]2CC[C@H](CC2)OC[C@@H]2N1CCC[C@@]21CCCS(=O)(=O)N1. The van der Waals surface area contributed by atoms with Crippen LogP contribution in [0, 0.1) is 0 Å². The number of benzene rings is 1. The van der Waals surface area contributed by atoms with E-state index in [1.807, 2.05) is 23.1 Å². The van der Waals surface area contributed by atoms with Crippen LogP contribution in [0.3, 0.4) is 0 Å². The standard InChI is InChI=1S/C23H32N2O5S/c26-22-16-30-20-6-2-1-5-19(20)17-7-9-18(10-8-17)29-15-21-23(11-3-13-25(21)22)12-4-14-31(27,28)24-23/h1-2,5-6,17-18,21,24H,3-4,7-16H2/t17-,18+,21-,23+/m0/s1. The average Bonchev–Trinajstić information content (AvgIpc) is 2.77. The topological polar surface area (TPSA) is 84.9 Å². The van der Waals surface area contributed by atoms with Crippen LogP contribution in [-0.2, 0) is 19.6 Å². The van der Waals surface area contributed by atoms with Crippen LogP contribution in [0.5, 0.6) is 5.75 Å². The summed E-state index contributed by atoms with van der Waals surface area (Å²) in [6.07, 6.45) is 7.02. The summed E-state index contributed by atoms with van der Waals surface area (Å²) in [6, 6.07) is 7.74. The minimum absolute atomic E-state index is 0.0352.